The zero-order chi connectivity index (χ0) is 22.2. The fourth-order valence-electron chi connectivity index (χ4n) is 4.41. The lowest BCUT2D eigenvalue weighted by atomic mass is 10.1. The van der Waals surface area contributed by atoms with E-state index in [9.17, 15) is 4.79 Å². The van der Waals surface area contributed by atoms with Crippen LogP contribution < -0.4 is 15.6 Å². The molecule has 172 valence electrons. The minimum absolute atomic E-state index is 0. The first-order valence-corrected chi connectivity index (χ1v) is 11.4. The number of pyridine rings is 1. The fourth-order valence-corrected chi connectivity index (χ4v) is 4.88. The summed E-state index contributed by atoms with van der Waals surface area (Å²) in [4.78, 5) is 12.8. The summed E-state index contributed by atoms with van der Waals surface area (Å²) >= 11 is 12.1. The first kappa shape index (κ1) is 23.7. The van der Waals surface area contributed by atoms with Gasteiger partial charge in [0.2, 0.25) is 0 Å². The van der Waals surface area contributed by atoms with Crippen molar-refractivity contribution in [2.75, 3.05) is 13.1 Å². The zero-order valence-corrected chi connectivity index (χ0v) is 20.4. The number of ether oxygens (including phenoxy) is 1. The summed E-state index contributed by atoms with van der Waals surface area (Å²) in [7, 11) is 2.11. The van der Waals surface area contributed by atoms with Gasteiger partial charge in [0.1, 0.15) is 12.4 Å². The average Bonchev–Trinajstić information content (AvgIpc) is 2.93. The summed E-state index contributed by atoms with van der Waals surface area (Å²) in [6, 6.07) is 14.8. The highest BCUT2D eigenvalue weighted by molar-refractivity contribution is 6.35. The van der Waals surface area contributed by atoms with Crippen molar-refractivity contribution < 1.29 is 4.74 Å². The minimum Gasteiger partial charge on any atom is -0.489 e. The molecule has 1 aliphatic heterocycles. The minimum atomic E-state index is -0.149. The molecule has 4 aromatic rings. The number of aromatic nitrogens is 2. The summed E-state index contributed by atoms with van der Waals surface area (Å²) in [5.74, 6) is 0.497. The summed E-state index contributed by atoms with van der Waals surface area (Å²) in [6.45, 7) is 2.25. The van der Waals surface area contributed by atoms with Crippen LogP contribution in [0.25, 0.3) is 16.6 Å². The van der Waals surface area contributed by atoms with Crippen LogP contribution in [0.4, 0.5) is 0 Å². The molecule has 0 bridgehead atoms. The lowest BCUT2D eigenvalue weighted by Gasteiger charge is -2.11. The van der Waals surface area contributed by atoms with Crippen molar-refractivity contribution in [3.8, 4) is 11.4 Å². The molecule has 0 atom stereocenters. The van der Waals surface area contributed by atoms with E-state index in [4.69, 9.17) is 27.9 Å². The molecule has 0 saturated heterocycles. The second-order valence-corrected chi connectivity index (χ2v) is 8.87. The van der Waals surface area contributed by atoms with Gasteiger partial charge in [-0.3, -0.25) is 9.36 Å². The van der Waals surface area contributed by atoms with E-state index in [2.05, 4.69) is 29.1 Å². The van der Waals surface area contributed by atoms with Crippen LogP contribution in [-0.2, 0) is 26.5 Å². The molecule has 33 heavy (non-hydrogen) atoms. The van der Waals surface area contributed by atoms with E-state index in [0.29, 0.717) is 15.8 Å². The Hall–Kier alpha value is -2.44. The van der Waals surface area contributed by atoms with Crippen LogP contribution in [0.3, 0.4) is 0 Å². The SMILES string of the molecule is Cl.Cn1c2c(c3ccc(-n4ccc(OCc5ccc(Cl)cc5Cl)cc4=O)cc31)CCNCC2. The molecule has 8 heteroatoms. The number of fused-ring (bicyclic) bond motifs is 3. The van der Waals surface area contributed by atoms with E-state index >= 15 is 0 Å². The van der Waals surface area contributed by atoms with E-state index in [1.165, 1.54) is 22.7 Å². The molecule has 0 radical (unpaired) electrons. The number of halogens is 3. The summed E-state index contributed by atoms with van der Waals surface area (Å²) in [5, 5.41) is 5.84. The van der Waals surface area contributed by atoms with Crippen molar-refractivity contribution in [3.05, 3.63) is 91.9 Å². The van der Waals surface area contributed by atoms with Crippen LogP contribution in [0.15, 0.2) is 59.5 Å². The molecular weight excluding hydrogens is 481 g/mol. The highest BCUT2D eigenvalue weighted by Gasteiger charge is 2.17. The third-order valence-electron chi connectivity index (χ3n) is 6.09. The first-order valence-electron chi connectivity index (χ1n) is 10.6. The van der Waals surface area contributed by atoms with E-state index in [1.807, 2.05) is 12.1 Å². The van der Waals surface area contributed by atoms with Crippen LogP contribution >= 0.6 is 35.6 Å². The van der Waals surface area contributed by atoms with Crippen LogP contribution in [-0.4, -0.2) is 22.2 Å². The molecule has 0 spiro atoms. The van der Waals surface area contributed by atoms with Gasteiger partial charge in [-0.2, -0.15) is 0 Å². The molecule has 0 amide bonds. The Morgan fingerprint density at radius 2 is 1.85 bits per heavy atom. The second kappa shape index (κ2) is 9.82. The maximum atomic E-state index is 12.8. The quantitative estimate of drug-likeness (QED) is 0.409. The molecule has 0 saturated carbocycles. The molecule has 3 heterocycles. The van der Waals surface area contributed by atoms with Gasteiger partial charge in [-0.1, -0.05) is 35.3 Å². The van der Waals surface area contributed by atoms with Gasteiger partial charge in [-0.25, -0.2) is 0 Å². The lowest BCUT2D eigenvalue weighted by molar-refractivity contribution is 0.305. The predicted molar refractivity (Wildman–Crippen MR) is 137 cm³/mol. The molecule has 5 nitrogen and oxygen atoms in total. The van der Waals surface area contributed by atoms with Gasteiger partial charge >= 0.3 is 0 Å². The van der Waals surface area contributed by atoms with Gasteiger partial charge in [0.25, 0.3) is 5.56 Å². The molecule has 1 aliphatic rings. The Kier molecular flexibility index (Phi) is 7.05. The molecule has 0 unspecified atom stereocenters. The monoisotopic (exact) mass is 503 g/mol. The molecule has 2 aromatic carbocycles. The smallest absolute Gasteiger partial charge is 0.258 e. The fraction of sp³-hybridized carbons (Fsp3) is 0.240. The van der Waals surface area contributed by atoms with Crippen LogP contribution in [0.5, 0.6) is 5.75 Å². The topological polar surface area (TPSA) is 48.2 Å². The Labute approximate surface area is 208 Å². The largest absolute Gasteiger partial charge is 0.489 e. The van der Waals surface area contributed by atoms with Crippen molar-refractivity contribution in [2.45, 2.75) is 19.4 Å². The van der Waals surface area contributed by atoms with Crippen molar-refractivity contribution in [3.63, 3.8) is 0 Å². The number of aryl methyl sites for hydroxylation is 1. The van der Waals surface area contributed by atoms with Crippen molar-refractivity contribution in [1.29, 1.82) is 0 Å². The molecule has 1 N–H and O–H groups in total. The number of hydrogen-bond acceptors (Lipinski definition) is 3. The third kappa shape index (κ3) is 4.64. The predicted octanol–water partition coefficient (Wildman–Crippen LogP) is 5.33. The average molecular weight is 505 g/mol. The molecule has 0 aliphatic carbocycles. The van der Waals surface area contributed by atoms with Crippen LogP contribution in [0.1, 0.15) is 16.8 Å². The highest BCUT2D eigenvalue weighted by Crippen LogP contribution is 2.29. The van der Waals surface area contributed by atoms with Crippen LogP contribution in [0, 0.1) is 0 Å². The van der Waals surface area contributed by atoms with Gasteiger partial charge in [0.05, 0.1) is 11.2 Å². The molecule has 2 aromatic heterocycles. The maximum absolute atomic E-state index is 12.8. The number of nitrogens with zero attached hydrogens (tertiary/aromatic N) is 2. The van der Waals surface area contributed by atoms with Crippen molar-refractivity contribution >= 4 is 46.5 Å². The lowest BCUT2D eigenvalue weighted by Crippen LogP contribution is -2.17. The van der Waals surface area contributed by atoms with Gasteiger partial charge < -0.3 is 14.6 Å². The third-order valence-corrected chi connectivity index (χ3v) is 6.68. The van der Waals surface area contributed by atoms with Crippen molar-refractivity contribution in [2.24, 2.45) is 7.05 Å². The Morgan fingerprint density at radius 1 is 1.03 bits per heavy atom. The highest BCUT2D eigenvalue weighted by atomic mass is 35.5. The molecule has 0 fully saturated rings. The maximum Gasteiger partial charge on any atom is 0.258 e. The number of rotatable bonds is 4. The standard InChI is InChI=1S/C25H23Cl2N3O2.ClH/c1-29-23-7-10-28-9-6-21(23)20-5-4-18(13-24(20)29)30-11-8-19(14-25(30)31)32-15-16-2-3-17(26)12-22(16)27;/h2-5,8,11-14,28H,6-7,9-10,15H2,1H3;1H. The Morgan fingerprint density at radius 3 is 2.64 bits per heavy atom. The number of nitrogens with one attached hydrogen (secondary N) is 1. The van der Waals surface area contributed by atoms with E-state index in [1.54, 1.807) is 29.0 Å². The second-order valence-electron chi connectivity index (χ2n) is 8.03. The summed E-state index contributed by atoms with van der Waals surface area (Å²) in [5.41, 5.74) is 5.44. The van der Waals surface area contributed by atoms with E-state index < -0.39 is 0 Å². The zero-order valence-electron chi connectivity index (χ0n) is 18.1. The summed E-state index contributed by atoms with van der Waals surface area (Å²) < 4.78 is 9.69. The Bertz CT molecular complexity index is 1380. The van der Waals surface area contributed by atoms with Gasteiger partial charge in [0, 0.05) is 59.0 Å². The first-order chi connectivity index (χ1) is 15.5. The van der Waals surface area contributed by atoms with E-state index in [0.717, 1.165) is 42.7 Å². The van der Waals surface area contributed by atoms with Gasteiger partial charge in [-0.05, 0) is 48.9 Å². The summed E-state index contributed by atoms with van der Waals surface area (Å²) in [6.07, 6.45) is 3.79. The van der Waals surface area contributed by atoms with Gasteiger partial charge in [-0.15, -0.1) is 12.4 Å². The van der Waals surface area contributed by atoms with E-state index in [-0.39, 0.29) is 24.6 Å². The molecule has 5 rings (SSSR count). The Balaban J connectivity index is 0.00000259. The van der Waals surface area contributed by atoms with Crippen LogP contribution in [0.2, 0.25) is 10.0 Å². The van der Waals surface area contributed by atoms with Crippen molar-refractivity contribution in [1.82, 2.24) is 14.5 Å². The number of benzene rings is 2. The molecular formula is C25H24Cl3N3O2. The normalized spacial score (nSPS) is 13.3. The number of hydrogen-bond donors (Lipinski definition) is 1. The van der Waals surface area contributed by atoms with Gasteiger partial charge in [0.15, 0.2) is 0 Å².